The summed E-state index contributed by atoms with van der Waals surface area (Å²) in [5, 5.41) is 3.25. The van der Waals surface area contributed by atoms with Gasteiger partial charge < -0.3 is 29.0 Å². The number of hydrogen-bond donors (Lipinski definition) is 1. The maximum atomic E-state index is 6.04. The monoisotopic (exact) mass is 380 g/mol. The minimum atomic E-state index is -0.366. The SMILES string of the molecule is S=C1NC(c2ccc3c(c2)OCO3)N=C2Oc3cc4c(cc3C=C12)OCO4. The highest BCUT2D eigenvalue weighted by molar-refractivity contribution is 7.80. The van der Waals surface area contributed by atoms with E-state index in [0.29, 0.717) is 33.9 Å². The van der Waals surface area contributed by atoms with Crippen molar-refractivity contribution in [2.75, 3.05) is 13.6 Å². The fourth-order valence-corrected chi connectivity index (χ4v) is 3.63. The molecule has 0 spiro atoms. The van der Waals surface area contributed by atoms with Gasteiger partial charge in [-0.3, -0.25) is 0 Å². The van der Waals surface area contributed by atoms with E-state index >= 15 is 0 Å². The van der Waals surface area contributed by atoms with Gasteiger partial charge in [-0.25, -0.2) is 4.99 Å². The second-order valence-electron chi connectivity index (χ2n) is 6.33. The number of fused-ring (bicyclic) bond motifs is 4. The van der Waals surface area contributed by atoms with Crippen LogP contribution in [0.2, 0.25) is 0 Å². The van der Waals surface area contributed by atoms with Crippen molar-refractivity contribution in [2.24, 2.45) is 4.99 Å². The molecule has 2 aromatic rings. The van der Waals surface area contributed by atoms with Crippen molar-refractivity contribution in [2.45, 2.75) is 6.17 Å². The maximum Gasteiger partial charge on any atom is 0.231 e. The van der Waals surface area contributed by atoms with Crippen molar-refractivity contribution in [3.63, 3.8) is 0 Å². The van der Waals surface area contributed by atoms with Gasteiger partial charge in [-0.05, 0) is 24.3 Å². The predicted molar refractivity (Wildman–Crippen MR) is 99.6 cm³/mol. The lowest BCUT2D eigenvalue weighted by Gasteiger charge is -2.28. The van der Waals surface area contributed by atoms with E-state index in [9.17, 15) is 0 Å². The third kappa shape index (κ3) is 2.26. The van der Waals surface area contributed by atoms with Crippen molar-refractivity contribution in [3.8, 4) is 28.7 Å². The van der Waals surface area contributed by atoms with Gasteiger partial charge in [-0.2, -0.15) is 0 Å². The van der Waals surface area contributed by atoms with Crippen LogP contribution in [0.4, 0.5) is 0 Å². The highest BCUT2D eigenvalue weighted by atomic mass is 32.1. The Hall–Kier alpha value is -3.26. The fraction of sp³-hybridized carbons (Fsp3) is 0.158. The molecule has 0 radical (unpaired) electrons. The first kappa shape index (κ1) is 14.9. The zero-order valence-corrected chi connectivity index (χ0v) is 14.7. The summed E-state index contributed by atoms with van der Waals surface area (Å²) in [5.41, 5.74) is 2.53. The lowest BCUT2D eigenvalue weighted by atomic mass is 10.0. The summed E-state index contributed by atoms with van der Waals surface area (Å²) in [6, 6.07) is 9.39. The van der Waals surface area contributed by atoms with Gasteiger partial charge in [-0.1, -0.05) is 18.3 Å². The Bertz CT molecular complexity index is 1080. The third-order valence-electron chi connectivity index (χ3n) is 4.71. The van der Waals surface area contributed by atoms with Crippen LogP contribution in [0.3, 0.4) is 0 Å². The number of rotatable bonds is 1. The highest BCUT2D eigenvalue weighted by Gasteiger charge is 2.31. The Kier molecular flexibility index (Phi) is 2.96. The van der Waals surface area contributed by atoms with Gasteiger partial charge in [0.25, 0.3) is 0 Å². The van der Waals surface area contributed by atoms with E-state index in [0.717, 1.165) is 22.4 Å². The molecule has 0 fully saturated rings. The molecule has 7 nitrogen and oxygen atoms in total. The molecular formula is C19H12N2O5S. The second-order valence-corrected chi connectivity index (χ2v) is 6.73. The lowest BCUT2D eigenvalue weighted by molar-refractivity contribution is 0.173. The molecule has 0 aliphatic carbocycles. The van der Waals surface area contributed by atoms with E-state index in [2.05, 4.69) is 5.32 Å². The summed E-state index contributed by atoms with van der Waals surface area (Å²) in [4.78, 5) is 5.28. The van der Waals surface area contributed by atoms with Gasteiger partial charge in [0, 0.05) is 17.2 Å². The number of hydrogen-bond acceptors (Lipinski definition) is 7. The van der Waals surface area contributed by atoms with E-state index < -0.39 is 0 Å². The van der Waals surface area contributed by atoms with Crippen LogP contribution in [0, 0.1) is 0 Å². The largest absolute Gasteiger partial charge is 0.454 e. The van der Waals surface area contributed by atoms with Gasteiger partial charge in [-0.15, -0.1) is 0 Å². The molecule has 6 rings (SSSR count). The van der Waals surface area contributed by atoms with Crippen molar-refractivity contribution in [1.82, 2.24) is 5.32 Å². The molecule has 4 aliphatic rings. The molecular weight excluding hydrogens is 368 g/mol. The minimum absolute atomic E-state index is 0.210. The van der Waals surface area contributed by atoms with Gasteiger partial charge in [0.15, 0.2) is 23.0 Å². The number of aliphatic imine (C=N–C) groups is 1. The molecule has 2 aromatic carbocycles. The third-order valence-corrected chi connectivity index (χ3v) is 5.05. The first-order valence-corrected chi connectivity index (χ1v) is 8.77. The summed E-state index contributed by atoms with van der Waals surface area (Å²) in [7, 11) is 0. The van der Waals surface area contributed by atoms with E-state index in [1.165, 1.54) is 0 Å². The second kappa shape index (κ2) is 5.37. The smallest absolute Gasteiger partial charge is 0.231 e. The average Bonchev–Trinajstić information content (AvgIpc) is 3.32. The molecule has 4 heterocycles. The van der Waals surface area contributed by atoms with Crippen LogP contribution >= 0.6 is 12.2 Å². The van der Waals surface area contributed by atoms with Crippen LogP contribution in [0.5, 0.6) is 28.7 Å². The Morgan fingerprint density at radius 1 is 0.889 bits per heavy atom. The molecule has 4 aliphatic heterocycles. The molecule has 0 saturated carbocycles. The number of ether oxygens (including phenoxy) is 5. The maximum absolute atomic E-state index is 6.04. The molecule has 0 saturated heterocycles. The Balaban J connectivity index is 1.40. The quantitative estimate of drug-likeness (QED) is 0.763. The van der Waals surface area contributed by atoms with Crippen molar-refractivity contribution >= 4 is 29.2 Å². The predicted octanol–water partition coefficient (Wildman–Crippen LogP) is 2.95. The summed E-state index contributed by atoms with van der Waals surface area (Å²) >= 11 is 5.56. The van der Waals surface area contributed by atoms with Gasteiger partial charge in [0.2, 0.25) is 19.5 Å². The van der Waals surface area contributed by atoms with E-state index in [1.807, 2.05) is 36.4 Å². The molecule has 27 heavy (non-hydrogen) atoms. The molecule has 134 valence electrons. The van der Waals surface area contributed by atoms with Crippen molar-refractivity contribution in [1.29, 1.82) is 0 Å². The summed E-state index contributed by atoms with van der Waals surface area (Å²) in [5.74, 6) is 3.93. The molecule has 0 aromatic heterocycles. The van der Waals surface area contributed by atoms with Crippen LogP contribution < -0.4 is 29.0 Å². The van der Waals surface area contributed by atoms with Crippen molar-refractivity contribution < 1.29 is 23.7 Å². The Labute approximate surface area is 159 Å². The van der Waals surface area contributed by atoms with Crippen molar-refractivity contribution in [3.05, 3.63) is 47.0 Å². The summed E-state index contributed by atoms with van der Waals surface area (Å²) in [6.07, 6.45) is 1.58. The summed E-state index contributed by atoms with van der Waals surface area (Å²) < 4.78 is 27.7. The highest BCUT2D eigenvalue weighted by Crippen LogP contribution is 2.42. The molecule has 1 unspecified atom stereocenters. The molecule has 1 atom stereocenters. The standard InChI is InChI=1S/C19H12N2O5S/c27-19-11-3-10-5-15-16(25-8-24-15)6-13(10)26-18(11)20-17(21-19)9-1-2-12-14(4-9)23-7-22-12/h1-6,17H,7-8H2,(H,21,27). The van der Waals surface area contributed by atoms with Crippen LogP contribution in [-0.4, -0.2) is 24.5 Å². The first-order chi connectivity index (χ1) is 13.2. The lowest BCUT2D eigenvalue weighted by Crippen LogP contribution is -2.38. The minimum Gasteiger partial charge on any atom is -0.454 e. The number of nitrogens with one attached hydrogen (secondary N) is 1. The Morgan fingerprint density at radius 3 is 2.48 bits per heavy atom. The zero-order chi connectivity index (χ0) is 18.0. The fourth-order valence-electron chi connectivity index (χ4n) is 3.37. The van der Waals surface area contributed by atoms with E-state index in [1.54, 1.807) is 0 Å². The van der Waals surface area contributed by atoms with Crippen LogP contribution in [0.1, 0.15) is 17.3 Å². The first-order valence-electron chi connectivity index (χ1n) is 8.36. The van der Waals surface area contributed by atoms with Gasteiger partial charge in [0.05, 0.1) is 5.57 Å². The summed E-state index contributed by atoms with van der Waals surface area (Å²) in [6.45, 7) is 0.439. The van der Waals surface area contributed by atoms with E-state index in [4.69, 9.17) is 40.9 Å². The Morgan fingerprint density at radius 2 is 1.63 bits per heavy atom. The van der Waals surface area contributed by atoms with Crippen LogP contribution in [0.15, 0.2) is 40.9 Å². The average molecular weight is 380 g/mol. The normalized spacial score (nSPS) is 20.7. The molecule has 0 amide bonds. The van der Waals surface area contributed by atoms with Crippen LogP contribution in [0.25, 0.3) is 6.08 Å². The van der Waals surface area contributed by atoms with E-state index in [-0.39, 0.29) is 19.8 Å². The number of benzene rings is 2. The molecule has 0 bridgehead atoms. The topological polar surface area (TPSA) is 70.5 Å². The van der Waals surface area contributed by atoms with Gasteiger partial charge >= 0.3 is 0 Å². The van der Waals surface area contributed by atoms with Crippen LogP contribution in [-0.2, 0) is 0 Å². The number of nitrogens with zero attached hydrogens (tertiary/aromatic N) is 1. The molecule has 8 heteroatoms. The van der Waals surface area contributed by atoms with Gasteiger partial charge in [0.1, 0.15) is 16.9 Å². The zero-order valence-electron chi connectivity index (χ0n) is 13.9. The molecule has 1 N–H and O–H groups in total. The number of thiocarbonyl (C=S) groups is 1.